The van der Waals surface area contributed by atoms with E-state index in [4.69, 9.17) is 0 Å². The number of nitrogens with one attached hydrogen (secondary N) is 1. The van der Waals surface area contributed by atoms with Crippen LogP contribution in [0.2, 0.25) is 0 Å². The van der Waals surface area contributed by atoms with E-state index >= 15 is 0 Å². The summed E-state index contributed by atoms with van der Waals surface area (Å²) in [6, 6.07) is 3.56. The number of anilines is 1. The number of hydrogen-bond donors (Lipinski definition) is 1. The maximum atomic E-state index is 11.9. The molecule has 2 heterocycles. The van der Waals surface area contributed by atoms with E-state index in [1.54, 1.807) is 29.2 Å². The van der Waals surface area contributed by atoms with Gasteiger partial charge in [-0.05, 0) is 32.9 Å². The van der Waals surface area contributed by atoms with Gasteiger partial charge in [-0.15, -0.1) is 0 Å². The number of amides is 1. The van der Waals surface area contributed by atoms with Crippen molar-refractivity contribution in [2.75, 3.05) is 5.32 Å². The monoisotopic (exact) mass is 259 g/mol. The number of carbonyl (C=O) groups is 1. The van der Waals surface area contributed by atoms with Crippen molar-refractivity contribution in [3.8, 4) is 0 Å². The molecule has 0 aliphatic heterocycles. The predicted octanol–water partition coefficient (Wildman–Crippen LogP) is 1.88. The van der Waals surface area contributed by atoms with Crippen molar-refractivity contribution in [3.05, 3.63) is 36.2 Å². The lowest BCUT2D eigenvalue weighted by atomic mass is 10.2. The quantitative estimate of drug-likeness (QED) is 0.909. The second-order valence-electron chi connectivity index (χ2n) is 4.49. The van der Waals surface area contributed by atoms with Gasteiger partial charge in [0.1, 0.15) is 11.6 Å². The van der Waals surface area contributed by atoms with Crippen molar-refractivity contribution < 1.29 is 4.79 Å². The van der Waals surface area contributed by atoms with Gasteiger partial charge in [-0.3, -0.25) is 9.78 Å². The van der Waals surface area contributed by atoms with Gasteiger partial charge in [-0.2, -0.15) is 5.10 Å². The van der Waals surface area contributed by atoms with Crippen LogP contribution in [0.15, 0.2) is 24.5 Å². The molecule has 2 aromatic rings. The molecule has 1 unspecified atom stereocenters. The third kappa shape index (κ3) is 3.37. The summed E-state index contributed by atoms with van der Waals surface area (Å²) in [5.41, 5.74) is 0.700. The minimum Gasteiger partial charge on any atom is -0.325 e. The zero-order valence-electron chi connectivity index (χ0n) is 11.3. The standard InChI is InChI=1S/C13H17N5O/c1-9(18-11(3)15-10(2)17-18)7-13(19)16-12-5-4-6-14-8-12/h4-6,8-9H,7H2,1-3H3,(H,16,19). The van der Waals surface area contributed by atoms with Crippen molar-refractivity contribution in [3.63, 3.8) is 0 Å². The molecule has 0 fully saturated rings. The molecular formula is C13H17N5O. The Labute approximate surface area is 111 Å². The Morgan fingerprint density at radius 3 is 2.84 bits per heavy atom. The van der Waals surface area contributed by atoms with Crippen molar-refractivity contribution in [2.24, 2.45) is 0 Å². The molecule has 6 heteroatoms. The number of rotatable bonds is 4. The summed E-state index contributed by atoms with van der Waals surface area (Å²) in [5, 5.41) is 7.09. The fourth-order valence-electron chi connectivity index (χ4n) is 1.96. The van der Waals surface area contributed by atoms with Crippen LogP contribution in [-0.2, 0) is 4.79 Å². The van der Waals surface area contributed by atoms with Gasteiger partial charge in [0, 0.05) is 12.6 Å². The molecule has 0 saturated heterocycles. The first-order chi connectivity index (χ1) is 9.06. The summed E-state index contributed by atoms with van der Waals surface area (Å²) >= 11 is 0. The zero-order valence-corrected chi connectivity index (χ0v) is 11.3. The number of aryl methyl sites for hydroxylation is 2. The third-order valence-corrected chi connectivity index (χ3v) is 2.75. The molecule has 1 atom stereocenters. The Morgan fingerprint density at radius 2 is 2.26 bits per heavy atom. The van der Waals surface area contributed by atoms with Gasteiger partial charge in [0.25, 0.3) is 0 Å². The fraction of sp³-hybridized carbons (Fsp3) is 0.385. The van der Waals surface area contributed by atoms with Crippen molar-refractivity contribution in [2.45, 2.75) is 33.2 Å². The van der Waals surface area contributed by atoms with Gasteiger partial charge in [0.15, 0.2) is 0 Å². The lowest BCUT2D eigenvalue weighted by molar-refractivity contribution is -0.116. The summed E-state index contributed by atoms with van der Waals surface area (Å²) in [5.74, 6) is 1.48. The number of nitrogens with zero attached hydrogens (tertiary/aromatic N) is 4. The van der Waals surface area contributed by atoms with Crippen molar-refractivity contribution in [1.29, 1.82) is 0 Å². The minimum absolute atomic E-state index is 0.0297. The summed E-state index contributed by atoms with van der Waals surface area (Å²) in [6.07, 6.45) is 3.63. The number of pyridine rings is 1. The Bertz CT molecular complexity index is 564. The maximum Gasteiger partial charge on any atom is 0.226 e. The number of aromatic nitrogens is 4. The third-order valence-electron chi connectivity index (χ3n) is 2.75. The Morgan fingerprint density at radius 1 is 1.47 bits per heavy atom. The molecule has 0 radical (unpaired) electrons. The first-order valence-electron chi connectivity index (χ1n) is 6.16. The van der Waals surface area contributed by atoms with Crippen LogP contribution in [-0.4, -0.2) is 25.7 Å². The lowest BCUT2D eigenvalue weighted by Crippen LogP contribution is -2.19. The summed E-state index contributed by atoms with van der Waals surface area (Å²) in [6.45, 7) is 5.67. The first-order valence-corrected chi connectivity index (χ1v) is 6.16. The highest BCUT2D eigenvalue weighted by Gasteiger charge is 2.14. The summed E-state index contributed by atoms with van der Waals surface area (Å²) in [4.78, 5) is 20.1. The largest absolute Gasteiger partial charge is 0.325 e. The second kappa shape index (κ2) is 5.60. The van der Waals surface area contributed by atoms with Crippen LogP contribution >= 0.6 is 0 Å². The van der Waals surface area contributed by atoms with Gasteiger partial charge in [-0.25, -0.2) is 9.67 Å². The molecule has 1 amide bonds. The van der Waals surface area contributed by atoms with E-state index in [0.717, 1.165) is 11.6 Å². The molecule has 1 N–H and O–H groups in total. The minimum atomic E-state index is -0.0620. The van der Waals surface area contributed by atoms with Gasteiger partial charge in [-0.1, -0.05) is 0 Å². The molecule has 2 rings (SSSR count). The van der Waals surface area contributed by atoms with Crippen LogP contribution in [0, 0.1) is 13.8 Å². The highest BCUT2D eigenvalue weighted by molar-refractivity contribution is 5.90. The number of hydrogen-bond acceptors (Lipinski definition) is 4. The number of carbonyl (C=O) groups excluding carboxylic acids is 1. The topological polar surface area (TPSA) is 72.7 Å². The van der Waals surface area contributed by atoms with Gasteiger partial charge in [0.05, 0.1) is 17.9 Å². The maximum absolute atomic E-state index is 11.9. The molecule has 0 aromatic carbocycles. The van der Waals surface area contributed by atoms with Crippen LogP contribution in [0.25, 0.3) is 0 Å². The normalized spacial score (nSPS) is 12.2. The van der Waals surface area contributed by atoms with Crippen LogP contribution in [0.1, 0.15) is 31.0 Å². The molecule has 6 nitrogen and oxygen atoms in total. The average Bonchev–Trinajstić information content (AvgIpc) is 2.69. The lowest BCUT2D eigenvalue weighted by Gasteiger charge is -2.13. The Balaban J connectivity index is 1.97. The molecule has 0 aliphatic rings. The molecule has 0 saturated carbocycles. The second-order valence-corrected chi connectivity index (χ2v) is 4.49. The van der Waals surface area contributed by atoms with Gasteiger partial charge >= 0.3 is 0 Å². The molecular weight excluding hydrogens is 242 g/mol. The van der Waals surface area contributed by atoms with E-state index in [-0.39, 0.29) is 11.9 Å². The molecule has 2 aromatic heterocycles. The van der Waals surface area contributed by atoms with E-state index in [2.05, 4.69) is 20.4 Å². The van der Waals surface area contributed by atoms with Crippen LogP contribution in [0.4, 0.5) is 5.69 Å². The van der Waals surface area contributed by atoms with Gasteiger partial charge in [0.2, 0.25) is 5.91 Å². The average molecular weight is 259 g/mol. The SMILES string of the molecule is Cc1nc(C)n(C(C)CC(=O)Nc2cccnc2)n1. The summed E-state index contributed by atoms with van der Waals surface area (Å²) in [7, 11) is 0. The van der Waals surface area contributed by atoms with E-state index < -0.39 is 0 Å². The molecule has 19 heavy (non-hydrogen) atoms. The zero-order chi connectivity index (χ0) is 13.8. The highest BCUT2D eigenvalue weighted by Crippen LogP contribution is 2.13. The first kappa shape index (κ1) is 13.2. The van der Waals surface area contributed by atoms with E-state index in [1.165, 1.54) is 0 Å². The van der Waals surface area contributed by atoms with Crippen molar-refractivity contribution in [1.82, 2.24) is 19.7 Å². The molecule has 0 bridgehead atoms. The highest BCUT2D eigenvalue weighted by atomic mass is 16.1. The smallest absolute Gasteiger partial charge is 0.226 e. The predicted molar refractivity (Wildman–Crippen MR) is 71.7 cm³/mol. The van der Waals surface area contributed by atoms with Gasteiger partial charge < -0.3 is 5.32 Å². The van der Waals surface area contributed by atoms with Crippen LogP contribution in [0.5, 0.6) is 0 Å². The Hall–Kier alpha value is -2.24. The van der Waals surface area contributed by atoms with E-state index in [1.807, 2.05) is 20.8 Å². The van der Waals surface area contributed by atoms with Crippen LogP contribution in [0.3, 0.4) is 0 Å². The Kier molecular flexibility index (Phi) is 3.89. The molecule has 0 aliphatic carbocycles. The fourth-order valence-corrected chi connectivity index (χ4v) is 1.96. The van der Waals surface area contributed by atoms with Crippen molar-refractivity contribution >= 4 is 11.6 Å². The molecule has 0 spiro atoms. The van der Waals surface area contributed by atoms with E-state index in [0.29, 0.717) is 12.1 Å². The summed E-state index contributed by atoms with van der Waals surface area (Å²) < 4.78 is 1.78. The molecule has 100 valence electrons. The van der Waals surface area contributed by atoms with Crippen LogP contribution < -0.4 is 5.32 Å². The van der Waals surface area contributed by atoms with E-state index in [9.17, 15) is 4.79 Å².